The van der Waals surface area contributed by atoms with Crippen molar-refractivity contribution in [3.8, 4) is 0 Å². The zero-order valence-corrected chi connectivity index (χ0v) is 9.09. The molecular weight excluding hydrogens is 162 g/mol. The molecule has 0 N–H and O–H groups in total. The molecule has 1 heterocycles. The summed E-state index contributed by atoms with van der Waals surface area (Å²) in [4.78, 5) is 2.59. The topological polar surface area (TPSA) is 12.5 Å². The summed E-state index contributed by atoms with van der Waals surface area (Å²) in [5.74, 6) is 0.937. The van der Waals surface area contributed by atoms with E-state index in [-0.39, 0.29) is 0 Å². The van der Waals surface area contributed by atoms with Crippen LogP contribution in [0.15, 0.2) is 0 Å². The average molecular weight is 185 g/mol. The zero-order chi connectivity index (χ0) is 9.52. The Morgan fingerprint density at radius 1 is 1.31 bits per heavy atom. The summed E-state index contributed by atoms with van der Waals surface area (Å²) in [5, 5.41) is 0. The SMILES string of the molecule is COCCCN1CCC[C@@H](C)CC1. The van der Waals surface area contributed by atoms with Gasteiger partial charge < -0.3 is 9.64 Å². The summed E-state index contributed by atoms with van der Waals surface area (Å²) in [7, 11) is 1.78. The highest BCUT2D eigenvalue weighted by atomic mass is 16.5. The van der Waals surface area contributed by atoms with Crippen LogP contribution < -0.4 is 0 Å². The smallest absolute Gasteiger partial charge is 0.0474 e. The third-order valence-electron chi connectivity index (χ3n) is 2.93. The van der Waals surface area contributed by atoms with Gasteiger partial charge in [-0.05, 0) is 44.7 Å². The van der Waals surface area contributed by atoms with Crippen LogP contribution in [0.25, 0.3) is 0 Å². The van der Waals surface area contributed by atoms with E-state index in [0.29, 0.717) is 0 Å². The van der Waals surface area contributed by atoms with Crippen LogP contribution in [0.2, 0.25) is 0 Å². The van der Waals surface area contributed by atoms with Crippen LogP contribution in [-0.4, -0.2) is 38.3 Å². The molecule has 1 atom stereocenters. The summed E-state index contributed by atoms with van der Waals surface area (Å²) in [6.07, 6.45) is 5.37. The second kappa shape index (κ2) is 6.39. The predicted molar refractivity (Wildman–Crippen MR) is 55.9 cm³/mol. The fraction of sp³-hybridized carbons (Fsp3) is 1.00. The predicted octanol–water partition coefficient (Wildman–Crippen LogP) is 2.14. The van der Waals surface area contributed by atoms with Crippen LogP contribution in [0.1, 0.15) is 32.6 Å². The maximum atomic E-state index is 5.06. The Labute approximate surface area is 82.3 Å². The standard InChI is InChI=1S/C11H23NO/c1-11-5-3-7-12(9-6-11)8-4-10-13-2/h11H,3-10H2,1-2H3/t11-/m1/s1. The third kappa shape index (κ3) is 4.63. The van der Waals surface area contributed by atoms with Gasteiger partial charge in [0.2, 0.25) is 0 Å². The second-order valence-corrected chi connectivity index (χ2v) is 4.22. The van der Waals surface area contributed by atoms with Crippen molar-refractivity contribution in [1.29, 1.82) is 0 Å². The second-order valence-electron chi connectivity index (χ2n) is 4.22. The molecule has 0 aromatic rings. The molecule has 0 unspecified atom stereocenters. The minimum Gasteiger partial charge on any atom is -0.385 e. The Kier molecular flexibility index (Phi) is 5.40. The first-order chi connectivity index (χ1) is 6.33. The van der Waals surface area contributed by atoms with E-state index in [1.165, 1.54) is 45.3 Å². The van der Waals surface area contributed by atoms with Crippen LogP contribution in [0.3, 0.4) is 0 Å². The molecule has 1 aliphatic heterocycles. The number of methoxy groups -OCH3 is 1. The molecule has 0 bridgehead atoms. The van der Waals surface area contributed by atoms with E-state index in [9.17, 15) is 0 Å². The van der Waals surface area contributed by atoms with E-state index < -0.39 is 0 Å². The summed E-state index contributed by atoms with van der Waals surface area (Å²) in [6, 6.07) is 0. The number of hydrogen-bond donors (Lipinski definition) is 0. The summed E-state index contributed by atoms with van der Waals surface area (Å²) in [5.41, 5.74) is 0. The quantitative estimate of drug-likeness (QED) is 0.622. The van der Waals surface area contributed by atoms with Crippen molar-refractivity contribution in [3.05, 3.63) is 0 Å². The van der Waals surface area contributed by atoms with E-state index >= 15 is 0 Å². The molecule has 0 radical (unpaired) electrons. The van der Waals surface area contributed by atoms with Gasteiger partial charge in [-0.1, -0.05) is 6.92 Å². The summed E-state index contributed by atoms with van der Waals surface area (Å²) in [6.45, 7) is 7.10. The monoisotopic (exact) mass is 185 g/mol. The van der Waals surface area contributed by atoms with E-state index in [1.807, 2.05) is 0 Å². The van der Waals surface area contributed by atoms with Crippen molar-refractivity contribution in [2.75, 3.05) is 33.4 Å². The first-order valence-electron chi connectivity index (χ1n) is 5.54. The van der Waals surface area contributed by atoms with Crippen molar-refractivity contribution in [3.63, 3.8) is 0 Å². The van der Waals surface area contributed by atoms with Gasteiger partial charge >= 0.3 is 0 Å². The molecular formula is C11H23NO. The molecule has 1 saturated heterocycles. The molecule has 1 aliphatic rings. The molecule has 0 aromatic carbocycles. The number of likely N-dealkylation sites (tertiary alicyclic amines) is 1. The van der Waals surface area contributed by atoms with E-state index in [0.717, 1.165) is 12.5 Å². The average Bonchev–Trinajstić information content (AvgIpc) is 2.32. The molecule has 2 nitrogen and oxygen atoms in total. The maximum absolute atomic E-state index is 5.06. The van der Waals surface area contributed by atoms with Crippen molar-refractivity contribution in [2.45, 2.75) is 32.6 Å². The Morgan fingerprint density at radius 2 is 2.15 bits per heavy atom. The minimum absolute atomic E-state index is 0.909. The number of rotatable bonds is 4. The fourth-order valence-corrected chi connectivity index (χ4v) is 1.98. The molecule has 0 aliphatic carbocycles. The normalized spacial score (nSPS) is 25.8. The van der Waals surface area contributed by atoms with Gasteiger partial charge in [0.25, 0.3) is 0 Å². The van der Waals surface area contributed by atoms with Gasteiger partial charge in [-0.3, -0.25) is 0 Å². The minimum atomic E-state index is 0.909. The lowest BCUT2D eigenvalue weighted by molar-refractivity contribution is 0.172. The van der Waals surface area contributed by atoms with Crippen LogP contribution >= 0.6 is 0 Å². The number of nitrogens with zero attached hydrogens (tertiary/aromatic N) is 1. The Morgan fingerprint density at radius 3 is 2.92 bits per heavy atom. The van der Waals surface area contributed by atoms with E-state index in [1.54, 1.807) is 7.11 Å². The van der Waals surface area contributed by atoms with Crippen molar-refractivity contribution in [2.24, 2.45) is 5.92 Å². The highest BCUT2D eigenvalue weighted by Crippen LogP contribution is 2.16. The third-order valence-corrected chi connectivity index (χ3v) is 2.93. The van der Waals surface area contributed by atoms with E-state index in [4.69, 9.17) is 4.74 Å². The van der Waals surface area contributed by atoms with Crippen LogP contribution in [0, 0.1) is 5.92 Å². The fourth-order valence-electron chi connectivity index (χ4n) is 1.98. The molecule has 13 heavy (non-hydrogen) atoms. The van der Waals surface area contributed by atoms with Crippen molar-refractivity contribution >= 4 is 0 Å². The van der Waals surface area contributed by atoms with Crippen molar-refractivity contribution < 1.29 is 4.74 Å². The molecule has 0 saturated carbocycles. The molecule has 0 aromatic heterocycles. The van der Waals surface area contributed by atoms with Gasteiger partial charge in [-0.2, -0.15) is 0 Å². The maximum Gasteiger partial charge on any atom is 0.0474 e. The van der Waals surface area contributed by atoms with Gasteiger partial charge in [0.05, 0.1) is 0 Å². The Hall–Kier alpha value is -0.0800. The highest BCUT2D eigenvalue weighted by molar-refractivity contribution is 4.67. The van der Waals surface area contributed by atoms with Crippen LogP contribution in [0.5, 0.6) is 0 Å². The lowest BCUT2D eigenvalue weighted by atomic mass is 10.0. The van der Waals surface area contributed by atoms with Gasteiger partial charge in [0.15, 0.2) is 0 Å². The largest absolute Gasteiger partial charge is 0.385 e. The number of ether oxygens (including phenoxy) is 1. The molecule has 78 valence electrons. The molecule has 2 heteroatoms. The lowest BCUT2D eigenvalue weighted by Gasteiger charge is -2.19. The van der Waals surface area contributed by atoms with Gasteiger partial charge in [-0.15, -0.1) is 0 Å². The Bertz CT molecular complexity index is 127. The molecule has 1 rings (SSSR count). The van der Waals surface area contributed by atoms with Crippen molar-refractivity contribution in [1.82, 2.24) is 4.90 Å². The molecule has 0 spiro atoms. The highest BCUT2D eigenvalue weighted by Gasteiger charge is 2.12. The van der Waals surface area contributed by atoms with Crippen LogP contribution in [0.4, 0.5) is 0 Å². The van der Waals surface area contributed by atoms with Crippen LogP contribution in [-0.2, 0) is 4.74 Å². The van der Waals surface area contributed by atoms with E-state index in [2.05, 4.69) is 11.8 Å². The first-order valence-corrected chi connectivity index (χ1v) is 5.54. The van der Waals surface area contributed by atoms with Gasteiger partial charge in [0.1, 0.15) is 0 Å². The van der Waals surface area contributed by atoms with Gasteiger partial charge in [-0.25, -0.2) is 0 Å². The zero-order valence-electron chi connectivity index (χ0n) is 9.09. The molecule has 0 amide bonds. The van der Waals surface area contributed by atoms with Gasteiger partial charge in [0, 0.05) is 20.3 Å². The number of hydrogen-bond acceptors (Lipinski definition) is 2. The summed E-state index contributed by atoms with van der Waals surface area (Å²) >= 11 is 0. The summed E-state index contributed by atoms with van der Waals surface area (Å²) < 4.78 is 5.06. The lowest BCUT2D eigenvalue weighted by Crippen LogP contribution is -2.26. The Balaban J connectivity index is 2.11. The first kappa shape index (κ1) is 11.0. The molecule has 1 fully saturated rings.